The monoisotopic (exact) mass is 289 g/mol. The summed E-state index contributed by atoms with van der Waals surface area (Å²) in [6.45, 7) is 3.98. The van der Waals surface area contributed by atoms with Crippen molar-refractivity contribution >= 4 is 22.4 Å². The van der Waals surface area contributed by atoms with Crippen LogP contribution in [0.3, 0.4) is 0 Å². The molecule has 21 heavy (non-hydrogen) atoms. The lowest BCUT2D eigenvalue weighted by atomic mass is 9.86. The molecule has 1 unspecified atom stereocenters. The minimum Gasteiger partial charge on any atom is -0.369 e. The number of fused-ring (bicyclic) bond motifs is 1. The second-order valence-corrected chi connectivity index (χ2v) is 5.92. The minimum atomic E-state index is -0.456. The van der Waals surface area contributed by atoms with E-state index < -0.39 is 4.92 Å². The van der Waals surface area contributed by atoms with Gasteiger partial charge in [-0.15, -0.1) is 0 Å². The van der Waals surface area contributed by atoms with Gasteiger partial charge in [0.25, 0.3) is 0 Å². The van der Waals surface area contributed by atoms with E-state index in [0.29, 0.717) is 10.9 Å². The second kappa shape index (κ2) is 4.39. The van der Waals surface area contributed by atoms with Crippen molar-refractivity contribution in [3.8, 4) is 0 Å². The van der Waals surface area contributed by atoms with Gasteiger partial charge in [-0.25, -0.2) is 4.63 Å². The molecule has 2 aliphatic rings. The number of aromatic nitrogens is 2. The van der Waals surface area contributed by atoms with Crippen LogP contribution >= 0.6 is 0 Å². The maximum Gasteiger partial charge on any atom is 0.300 e. The summed E-state index contributed by atoms with van der Waals surface area (Å²) in [5, 5.41) is 22.0. The molecule has 0 saturated carbocycles. The van der Waals surface area contributed by atoms with Gasteiger partial charge >= 0.3 is 5.69 Å². The summed E-state index contributed by atoms with van der Waals surface area (Å²) in [4.78, 5) is 12.8. The molecular weight excluding hydrogens is 274 g/mol. The van der Waals surface area contributed by atoms with E-state index in [1.807, 2.05) is 0 Å². The lowest BCUT2D eigenvalue weighted by molar-refractivity contribution is -0.383. The topological polar surface area (TPSA) is 97.3 Å². The molecule has 2 aliphatic heterocycles. The maximum absolute atomic E-state index is 11.0. The zero-order chi connectivity index (χ0) is 14.4. The van der Waals surface area contributed by atoms with Gasteiger partial charge < -0.3 is 10.2 Å². The summed E-state index contributed by atoms with van der Waals surface area (Å²) >= 11 is 0. The molecule has 0 radical (unpaired) electrons. The van der Waals surface area contributed by atoms with Gasteiger partial charge in [-0.1, -0.05) is 0 Å². The van der Waals surface area contributed by atoms with Crippen molar-refractivity contribution in [2.75, 3.05) is 31.1 Å². The minimum absolute atomic E-state index is 0.0635. The molecule has 1 aromatic heterocycles. The van der Waals surface area contributed by atoms with Crippen LogP contribution in [0.25, 0.3) is 11.0 Å². The van der Waals surface area contributed by atoms with Gasteiger partial charge in [-0.3, -0.25) is 10.1 Å². The third-order valence-corrected chi connectivity index (χ3v) is 4.68. The molecule has 110 valence electrons. The number of nitro groups is 1. The Hall–Kier alpha value is -2.22. The van der Waals surface area contributed by atoms with Crippen molar-refractivity contribution in [1.29, 1.82) is 0 Å². The van der Waals surface area contributed by atoms with Gasteiger partial charge in [0.15, 0.2) is 5.52 Å². The third-order valence-electron chi connectivity index (χ3n) is 4.68. The Balaban J connectivity index is 1.73. The molecule has 0 bridgehead atoms. The number of hydrogen-bond donors (Lipinski definition) is 1. The van der Waals surface area contributed by atoms with Crippen molar-refractivity contribution in [2.45, 2.75) is 12.8 Å². The first-order chi connectivity index (χ1) is 10.2. The average molecular weight is 289 g/mol. The highest BCUT2D eigenvalue weighted by Gasteiger charge is 2.41. The van der Waals surface area contributed by atoms with Gasteiger partial charge in [0.05, 0.1) is 10.6 Å². The van der Waals surface area contributed by atoms with Gasteiger partial charge in [0, 0.05) is 31.1 Å². The molecule has 2 fully saturated rings. The van der Waals surface area contributed by atoms with Gasteiger partial charge in [-0.05, 0) is 35.8 Å². The van der Waals surface area contributed by atoms with Crippen molar-refractivity contribution in [3.05, 3.63) is 22.2 Å². The number of hydrogen-bond acceptors (Lipinski definition) is 7. The maximum atomic E-state index is 11.0. The molecule has 3 heterocycles. The highest BCUT2D eigenvalue weighted by Crippen LogP contribution is 2.40. The quantitative estimate of drug-likeness (QED) is 0.657. The van der Waals surface area contributed by atoms with Crippen LogP contribution in [0.5, 0.6) is 0 Å². The number of nitrogens with one attached hydrogen (secondary N) is 1. The molecule has 2 saturated heterocycles. The number of rotatable bonds is 2. The van der Waals surface area contributed by atoms with Crippen LogP contribution < -0.4 is 10.2 Å². The van der Waals surface area contributed by atoms with E-state index in [4.69, 9.17) is 4.63 Å². The molecule has 8 nitrogen and oxygen atoms in total. The predicted molar refractivity (Wildman–Crippen MR) is 75.2 cm³/mol. The molecule has 0 amide bonds. The molecule has 2 aromatic rings. The highest BCUT2D eigenvalue weighted by atomic mass is 16.6. The van der Waals surface area contributed by atoms with Crippen LogP contribution in [0.15, 0.2) is 16.8 Å². The van der Waals surface area contributed by atoms with Gasteiger partial charge in [-0.2, -0.15) is 0 Å². The van der Waals surface area contributed by atoms with E-state index in [9.17, 15) is 10.1 Å². The smallest absolute Gasteiger partial charge is 0.300 e. The Kier molecular flexibility index (Phi) is 2.61. The number of benzene rings is 1. The fraction of sp³-hybridized carbons (Fsp3) is 0.538. The number of nitro benzene ring substituents is 1. The molecule has 8 heteroatoms. The second-order valence-electron chi connectivity index (χ2n) is 5.92. The molecule has 4 rings (SSSR count). The van der Waals surface area contributed by atoms with Crippen LogP contribution in [-0.4, -0.2) is 41.4 Å². The largest absolute Gasteiger partial charge is 0.369 e. The normalized spacial score (nSPS) is 25.2. The average Bonchev–Trinajstić information content (AvgIpc) is 3.20. The van der Waals surface area contributed by atoms with E-state index in [2.05, 4.69) is 20.5 Å². The zero-order valence-electron chi connectivity index (χ0n) is 11.4. The zero-order valence-corrected chi connectivity index (χ0v) is 11.4. The third kappa shape index (κ3) is 1.86. The summed E-state index contributed by atoms with van der Waals surface area (Å²) in [6, 6.07) is 3.24. The van der Waals surface area contributed by atoms with Crippen LogP contribution in [0.4, 0.5) is 11.4 Å². The van der Waals surface area contributed by atoms with Crippen molar-refractivity contribution < 1.29 is 9.55 Å². The van der Waals surface area contributed by atoms with Crippen molar-refractivity contribution in [2.24, 2.45) is 5.41 Å². The highest BCUT2D eigenvalue weighted by molar-refractivity contribution is 5.93. The van der Waals surface area contributed by atoms with Gasteiger partial charge in [0.2, 0.25) is 5.52 Å². The molecule has 0 aliphatic carbocycles. The van der Waals surface area contributed by atoms with Gasteiger partial charge in [0.1, 0.15) is 0 Å². The predicted octanol–water partition coefficient (Wildman–Crippen LogP) is 1.32. The first-order valence-electron chi connectivity index (χ1n) is 7.04. The number of nitrogens with zero attached hydrogens (tertiary/aromatic N) is 4. The Labute approximate surface area is 120 Å². The number of anilines is 1. The van der Waals surface area contributed by atoms with Crippen molar-refractivity contribution in [1.82, 2.24) is 15.6 Å². The van der Waals surface area contributed by atoms with Crippen LogP contribution in [0, 0.1) is 15.5 Å². The summed E-state index contributed by atoms with van der Waals surface area (Å²) in [7, 11) is 0. The summed E-state index contributed by atoms with van der Waals surface area (Å²) < 4.78 is 4.73. The summed E-state index contributed by atoms with van der Waals surface area (Å²) in [5.74, 6) is 0. The fourth-order valence-electron chi connectivity index (χ4n) is 3.53. The van der Waals surface area contributed by atoms with Crippen LogP contribution in [0.2, 0.25) is 0 Å². The van der Waals surface area contributed by atoms with E-state index in [-0.39, 0.29) is 11.2 Å². The Bertz CT molecular complexity index is 707. The SMILES string of the molecule is O=[N+]([O-])c1ccc(N2CCC3(CCNC3)C2)c2nonc12. The van der Waals surface area contributed by atoms with E-state index >= 15 is 0 Å². The molecule has 1 N–H and O–H groups in total. The van der Waals surface area contributed by atoms with Crippen LogP contribution in [-0.2, 0) is 0 Å². The first kappa shape index (κ1) is 12.5. The Morgan fingerprint density at radius 1 is 1.33 bits per heavy atom. The molecule has 1 atom stereocenters. The van der Waals surface area contributed by atoms with Crippen LogP contribution in [0.1, 0.15) is 12.8 Å². The Morgan fingerprint density at radius 3 is 2.95 bits per heavy atom. The first-order valence-corrected chi connectivity index (χ1v) is 7.04. The molecular formula is C13H15N5O3. The fourth-order valence-corrected chi connectivity index (χ4v) is 3.53. The van der Waals surface area contributed by atoms with E-state index in [1.165, 1.54) is 12.5 Å². The van der Waals surface area contributed by atoms with E-state index in [0.717, 1.165) is 38.3 Å². The molecule has 1 spiro atoms. The summed E-state index contributed by atoms with van der Waals surface area (Å²) in [5.41, 5.74) is 1.84. The Morgan fingerprint density at radius 2 is 2.19 bits per heavy atom. The molecule has 1 aromatic carbocycles. The number of non-ortho nitro benzene ring substituents is 1. The standard InChI is InChI=1S/C13H15N5O3/c19-18(20)10-2-1-9(11-12(10)16-21-15-11)17-6-4-13(8-17)3-5-14-7-13/h1-2,14H,3-8H2. The summed E-state index contributed by atoms with van der Waals surface area (Å²) in [6.07, 6.45) is 2.31. The lowest BCUT2D eigenvalue weighted by Gasteiger charge is -2.23. The van der Waals surface area contributed by atoms with Crippen molar-refractivity contribution in [3.63, 3.8) is 0 Å². The van der Waals surface area contributed by atoms with E-state index in [1.54, 1.807) is 6.07 Å². The lowest BCUT2D eigenvalue weighted by Crippen LogP contribution is -2.29.